The van der Waals surface area contributed by atoms with Crippen LogP contribution in [0.5, 0.6) is 0 Å². The van der Waals surface area contributed by atoms with Gasteiger partial charge in [0.25, 0.3) is 0 Å². The third-order valence-corrected chi connectivity index (χ3v) is 3.48. The van der Waals surface area contributed by atoms with E-state index in [0.717, 1.165) is 12.2 Å². The molecule has 2 rings (SSSR count). The highest BCUT2D eigenvalue weighted by atomic mass is 32.1. The minimum Gasteiger partial charge on any atom is -0.384 e. The molecule has 2 aromatic heterocycles. The van der Waals surface area contributed by atoms with Crippen LogP contribution in [0.4, 0.5) is 11.6 Å². The van der Waals surface area contributed by atoms with Gasteiger partial charge in [-0.2, -0.15) is 11.3 Å². The van der Waals surface area contributed by atoms with Crippen LogP contribution in [-0.4, -0.2) is 22.6 Å². The third kappa shape index (κ3) is 4.47. The van der Waals surface area contributed by atoms with Crippen molar-refractivity contribution in [1.29, 1.82) is 0 Å². The minimum absolute atomic E-state index is 0.277. The van der Waals surface area contributed by atoms with Crippen molar-refractivity contribution in [3.63, 3.8) is 0 Å². The van der Waals surface area contributed by atoms with Crippen molar-refractivity contribution in [3.8, 4) is 0 Å². The number of anilines is 2. The molecule has 0 amide bonds. The molecule has 1 atom stereocenters. The number of hydrogen-bond donors (Lipinski definition) is 2. The van der Waals surface area contributed by atoms with Gasteiger partial charge in [-0.15, -0.1) is 0 Å². The van der Waals surface area contributed by atoms with E-state index in [1.165, 1.54) is 5.56 Å². The number of nitrogens with zero attached hydrogens (tertiary/aromatic N) is 2. The van der Waals surface area contributed by atoms with Crippen molar-refractivity contribution in [3.05, 3.63) is 34.3 Å². The number of ether oxygens (including phenoxy) is 1. The zero-order valence-corrected chi connectivity index (χ0v) is 12.6. The maximum Gasteiger partial charge on any atom is 0.158 e. The average Bonchev–Trinajstić information content (AvgIpc) is 2.88. The fourth-order valence-electron chi connectivity index (χ4n) is 1.92. The Kier molecular flexibility index (Phi) is 5.31. The molecule has 20 heavy (non-hydrogen) atoms. The second-order valence-electron chi connectivity index (χ2n) is 4.61. The van der Waals surface area contributed by atoms with E-state index in [2.05, 4.69) is 39.0 Å². The third-order valence-electron chi connectivity index (χ3n) is 2.74. The van der Waals surface area contributed by atoms with Crippen LogP contribution in [0.2, 0.25) is 0 Å². The average molecular weight is 292 g/mol. The van der Waals surface area contributed by atoms with E-state index < -0.39 is 0 Å². The Bertz CT molecular complexity index is 530. The molecule has 1 unspecified atom stereocenters. The lowest BCUT2D eigenvalue weighted by atomic mass is 10.1. The molecule has 0 aliphatic heterocycles. The number of nitrogens with two attached hydrogens (primary N) is 1. The van der Waals surface area contributed by atoms with Crippen molar-refractivity contribution in [2.75, 3.05) is 17.7 Å². The molecule has 2 aromatic rings. The Balaban J connectivity index is 1.98. The number of nitrogens with one attached hydrogen (secondary N) is 1. The van der Waals surface area contributed by atoms with Gasteiger partial charge in [0.15, 0.2) is 5.82 Å². The van der Waals surface area contributed by atoms with E-state index in [1.807, 2.05) is 6.92 Å². The van der Waals surface area contributed by atoms with Gasteiger partial charge in [-0.3, -0.25) is 0 Å². The second-order valence-corrected chi connectivity index (χ2v) is 5.39. The summed E-state index contributed by atoms with van der Waals surface area (Å²) in [4.78, 5) is 8.57. The molecular formula is C14H20N4OS. The van der Waals surface area contributed by atoms with Crippen LogP contribution in [0.3, 0.4) is 0 Å². The first-order valence-corrected chi connectivity index (χ1v) is 7.60. The lowest BCUT2D eigenvalue weighted by Crippen LogP contribution is -2.19. The van der Waals surface area contributed by atoms with Gasteiger partial charge in [0.2, 0.25) is 0 Å². The highest BCUT2D eigenvalue weighted by Gasteiger charge is 2.07. The Hall–Kier alpha value is -1.66. The van der Waals surface area contributed by atoms with Crippen molar-refractivity contribution < 1.29 is 4.74 Å². The van der Waals surface area contributed by atoms with Gasteiger partial charge in [-0.05, 0) is 42.7 Å². The maximum atomic E-state index is 5.80. The predicted molar refractivity (Wildman–Crippen MR) is 82.9 cm³/mol. The summed E-state index contributed by atoms with van der Waals surface area (Å²) in [5.74, 6) is 1.81. The number of aromatic nitrogens is 2. The zero-order chi connectivity index (χ0) is 14.4. The summed E-state index contributed by atoms with van der Waals surface area (Å²) < 4.78 is 5.31. The first-order valence-electron chi connectivity index (χ1n) is 6.66. The quantitative estimate of drug-likeness (QED) is 0.821. The zero-order valence-electron chi connectivity index (χ0n) is 11.8. The summed E-state index contributed by atoms with van der Waals surface area (Å²) >= 11 is 1.71. The van der Waals surface area contributed by atoms with Crippen molar-refractivity contribution >= 4 is 23.0 Å². The number of nitrogen functional groups attached to an aromatic ring is 1. The monoisotopic (exact) mass is 292 g/mol. The Morgan fingerprint density at radius 2 is 2.30 bits per heavy atom. The van der Waals surface area contributed by atoms with Gasteiger partial charge in [0.1, 0.15) is 18.2 Å². The SMILES string of the molecule is CCOCc1nc(N)cc(NC(C)Cc2ccsc2)n1. The first kappa shape index (κ1) is 14.7. The minimum atomic E-state index is 0.277. The summed E-state index contributed by atoms with van der Waals surface area (Å²) in [6.45, 7) is 5.08. The van der Waals surface area contributed by atoms with E-state index in [4.69, 9.17) is 10.5 Å². The van der Waals surface area contributed by atoms with Crippen LogP contribution in [0.25, 0.3) is 0 Å². The summed E-state index contributed by atoms with van der Waals surface area (Å²) in [6, 6.07) is 4.16. The van der Waals surface area contributed by atoms with Crippen molar-refractivity contribution in [2.45, 2.75) is 32.9 Å². The molecule has 3 N–H and O–H groups in total. The normalized spacial score (nSPS) is 12.3. The Morgan fingerprint density at radius 1 is 1.45 bits per heavy atom. The predicted octanol–water partition coefficient (Wildman–Crippen LogP) is 2.70. The molecule has 0 aliphatic carbocycles. The summed E-state index contributed by atoms with van der Waals surface area (Å²) in [6.07, 6.45) is 0.953. The van der Waals surface area contributed by atoms with E-state index in [1.54, 1.807) is 17.4 Å². The number of thiophene rings is 1. The lowest BCUT2D eigenvalue weighted by molar-refractivity contribution is 0.128. The fraction of sp³-hybridized carbons (Fsp3) is 0.429. The van der Waals surface area contributed by atoms with E-state index in [9.17, 15) is 0 Å². The second kappa shape index (κ2) is 7.21. The standard InChI is InChI=1S/C14H20N4OS/c1-3-19-8-14-17-12(15)7-13(18-14)16-10(2)6-11-4-5-20-9-11/h4-5,7,9-10H,3,6,8H2,1-2H3,(H3,15,16,17,18). The molecule has 108 valence electrons. The van der Waals surface area contributed by atoms with Gasteiger partial charge < -0.3 is 15.8 Å². The first-order chi connectivity index (χ1) is 9.67. The van der Waals surface area contributed by atoms with Gasteiger partial charge in [-0.1, -0.05) is 0 Å². The molecule has 0 spiro atoms. The van der Waals surface area contributed by atoms with Gasteiger partial charge in [0.05, 0.1) is 0 Å². The van der Waals surface area contributed by atoms with Gasteiger partial charge in [-0.25, -0.2) is 9.97 Å². The highest BCUT2D eigenvalue weighted by Crippen LogP contribution is 2.14. The molecule has 0 aromatic carbocycles. The van der Waals surface area contributed by atoms with Crippen LogP contribution < -0.4 is 11.1 Å². The topological polar surface area (TPSA) is 73.1 Å². The highest BCUT2D eigenvalue weighted by molar-refractivity contribution is 7.07. The number of rotatable bonds is 7. The van der Waals surface area contributed by atoms with Crippen LogP contribution in [0.15, 0.2) is 22.9 Å². The molecule has 0 bridgehead atoms. The van der Waals surface area contributed by atoms with E-state index in [0.29, 0.717) is 24.9 Å². The van der Waals surface area contributed by atoms with Crippen LogP contribution in [0, 0.1) is 0 Å². The smallest absolute Gasteiger partial charge is 0.158 e. The number of hydrogen-bond acceptors (Lipinski definition) is 6. The summed E-state index contributed by atoms with van der Waals surface area (Å²) in [5.41, 5.74) is 7.12. The molecular weight excluding hydrogens is 272 g/mol. The Labute approximate surface area is 123 Å². The summed E-state index contributed by atoms with van der Waals surface area (Å²) in [5, 5.41) is 7.60. The molecule has 6 heteroatoms. The van der Waals surface area contributed by atoms with Gasteiger partial charge in [0, 0.05) is 18.7 Å². The molecule has 0 saturated heterocycles. The molecule has 0 fully saturated rings. The molecule has 0 saturated carbocycles. The molecule has 5 nitrogen and oxygen atoms in total. The van der Waals surface area contributed by atoms with Gasteiger partial charge >= 0.3 is 0 Å². The van der Waals surface area contributed by atoms with Crippen molar-refractivity contribution in [1.82, 2.24) is 9.97 Å². The van der Waals surface area contributed by atoms with Crippen LogP contribution in [-0.2, 0) is 17.8 Å². The summed E-state index contributed by atoms with van der Waals surface area (Å²) in [7, 11) is 0. The van der Waals surface area contributed by atoms with Crippen LogP contribution >= 0.6 is 11.3 Å². The molecule has 0 radical (unpaired) electrons. The largest absolute Gasteiger partial charge is 0.384 e. The van der Waals surface area contributed by atoms with Crippen molar-refractivity contribution in [2.24, 2.45) is 0 Å². The van der Waals surface area contributed by atoms with E-state index in [-0.39, 0.29) is 6.04 Å². The van der Waals surface area contributed by atoms with Crippen LogP contribution in [0.1, 0.15) is 25.2 Å². The van der Waals surface area contributed by atoms with E-state index >= 15 is 0 Å². The molecule has 0 aliphatic rings. The maximum absolute atomic E-state index is 5.80. The molecule has 2 heterocycles. The Morgan fingerprint density at radius 3 is 3.00 bits per heavy atom. The fourth-order valence-corrected chi connectivity index (χ4v) is 2.60. The lowest BCUT2D eigenvalue weighted by Gasteiger charge is -2.14.